The van der Waals surface area contributed by atoms with Gasteiger partial charge in [0.15, 0.2) is 11.6 Å². The second-order valence-electron chi connectivity index (χ2n) is 3.65. The SMILES string of the molecule is C=N/C(=C(F)\C=C(/C)Br)N1CC(OCCF)C1. The van der Waals surface area contributed by atoms with Crippen molar-refractivity contribution in [1.82, 2.24) is 4.90 Å². The van der Waals surface area contributed by atoms with Crippen molar-refractivity contribution < 1.29 is 13.5 Å². The molecule has 1 heterocycles. The standard InChI is InChI=1S/C11H15BrF2N2O/c1-8(12)5-10(14)11(15-2)16-6-9(7-16)17-4-3-13/h5,9H,2-4,6-7H2,1H3/b8-5+,11-10-. The van der Waals surface area contributed by atoms with Gasteiger partial charge in [-0.05, 0) is 24.2 Å². The highest BCUT2D eigenvalue weighted by atomic mass is 79.9. The lowest BCUT2D eigenvalue weighted by atomic mass is 10.1. The first-order valence-electron chi connectivity index (χ1n) is 5.21. The summed E-state index contributed by atoms with van der Waals surface area (Å²) in [5.41, 5.74) is 0. The number of alkyl halides is 1. The molecule has 96 valence electrons. The molecule has 0 bridgehead atoms. The van der Waals surface area contributed by atoms with E-state index in [9.17, 15) is 8.78 Å². The Kier molecular flexibility index (Phi) is 5.77. The van der Waals surface area contributed by atoms with Crippen LogP contribution in [0.3, 0.4) is 0 Å². The van der Waals surface area contributed by atoms with E-state index in [0.29, 0.717) is 17.6 Å². The number of hydrogen-bond donors (Lipinski definition) is 0. The van der Waals surface area contributed by atoms with Crippen molar-refractivity contribution in [3.63, 3.8) is 0 Å². The van der Waals surface area contributed by atoms with Crippen LogP contribution in [0.25, 0.3) is 0 Å². The first kappa shape index (κ1) is 14.3. The zero-order chi connectivity index (χ0) is 12.8. The highest BCUT2D eigenvalue weighted by Crippen LogP contribution is 2.23. The third-order valence-corrected chi connectivity index (χ3v) is 2.50. The average Bonchev–Trinajstić information content (AvgIpc) is 2.20. The number of allylic oxidation sites excluding steroid dienone is 3. The minimum absolute atomic E-state index is 0.0515. The van der Waals surface area contributed by atoms with Gasteiger partial charge in [-0.1, -0.05) is 15.9 Å². The molecule has 0 amide bonds. The molecule has 1 rings (SSSR count). The largest absolute Gasteiger partial charge is 0.372 e. The van der Waals surface area contributed by atoms with Gasteiger partial charge in [0.25, 0.3) is 0 Å². The summed E-state index contributed by atoms with van der Waals surface area (Å²) in [7, 11) is 0. The molecule has 0 N–H and O–H groups in total. The summed E-state index contributed by atoms with van der Waals surface area (Å²) < 4.78 is 31.4. The van der Waals surface area contributed by atoms with Gasteiger partial charge in [-0.2, -0.15) is 0 Å². The molecule has 0 atom stereocenters. The van der Waals surface area contributed by atoms with Gasteiger partial charge in [0, 0.05) is 13.1 Å². The molecule has 0 spiro atoms. The Bertz CT molecular complexity index is 334. The molecule has 0 unspecified atom stereocenters. The highest BCUT2D eigenvalue weighted by molar-refractivity contribution is 9.11. The van der Waals surface area contributed by atoms with Gasteiger partial charge in [-0.3, -0.25) is 0 Å². The fourth-order valence-electron chi connectivity index (χ4n) is 1.49. The minimum atomic E-state index is -0.501. The van der Waals surface area contributed by atoms with E-state index in [4.69, 9.17) is 4.74 Å². The number of nitrogens with zero attached hydrogens (tertiary/aromatic N) is 2. The zero-order valence-electron chi connectivity index (χ0n) is 9.63. The van der Waals surface area contributed by atoms with Crippen LogP contribution in [-0.2, 0) is 4.74 Å². The smallest absolute Gasteiger partial charge is 0.166 e. The molecule has 1 fully saturated rings. The zero-order valence-corrected chi connectivity index (χ0v) is 11.2. The lowest BCUT2D eigenvalue weighted by Crippen LogP contribution is -2.51. The summed E-state index contributed by atoms with van der Waals surface area (Å²) in [4.78, 5) is 5.37. The highest BCUT2D eigenvalue weighted by Gasteiger charge is 2.30. The van der Waals surface area contributed by atoms with Crippen molar-refractivity contribution in [2.75, 3.05) is 26.4 Å². The molecule has 3 nitrogen and oxygen atoms in total. The maximum Gasteiger partial charge on any atom is 0.166 e. The van der Waals surface area contributed by atoms with Crippen LogP contribution in [-0.4, -0.2) is 44.1 Å². The van der Waals surface area contributed by atoms with E-state index < -0.39 is 12.5 Å². The van der Waals surface area contributed by atoms with Crippen LogP contribution in [0, 0.1) is 0 Å². The molecule has 0 radical (unpaired) electrons. The van der Waals surface area contributed by atoms with Gasteiger partial charge in [0.1, 0.15) is 6.67 Å². The van der Waals surface area contributed by atoms with E-state index in [2.05, 4.69) is 27.6 Å². The Hall–Kier alpha value is -0.750. The summed E-state index contributed by atoms with van der Waals surface area (Å²) in [5.74, 6) is -0.248. The van der Waals surface area contributed by atoms with E-state index >= 15 is 0 Å². The van der Waals surface area contributed by atoms with E-state index in [1.54, 1.807) is 11.8 Å². The Morgan fingerprint density at radius 1 is 1.65 bits per heavy atom. The van der Waals surface area contributed by atoms with Gasteiger partial charge in [-0.25, -0.2) is 13.8 Å². The predicted molar refractivity (Wildman–Crippen MR) is 67.7 cm³/mol. The van der Waals surface area contributed by atoms with Crippen molar-refractivity contribution in [2.24, 2.45) is 4.99 Å². The number of rotatable bonds is 6. The molecule has 0 aromatic heterocycles. The average molecular weight is 309 g/mol. The van der Waals surface area contributed by atoms with Gasteiger partial charge < -0.3 is 9.64 Å². The number of aliphatic imine (C=N–C) groups is 1. The third kappa shape index (κ3) is 4.20. The Morgan fingerprint density at radius 3 is 2.76 bits per heavy atom. The van der Waals surface area contributed by atoms with Crippen LogP contribution in [0.4, 0.5) is 8.78 Å². The molecule has 1 aliphatic heterocycles. The Labute approximate surface area is 108 Å². The van der Waals surface area contributed by atoms with E-state index in [0.717, 1.165) is 0 Å². The van der Waals surface area contributed by atoms with E-state index in [-0.39, 0.29) is 18.5 Å². The fourth-order valence-corrected chi connectivity index (χ4v) is 1.69. The summed E-state index contributed by atoms with van der Waals surface area (Å²) in [6, 6.07) is 0. The minimum Gasteiger partial charge on any atom is -0.372 e. The number of likely N-dealkylation sites (tertiary alicyclic amines) is 1. The first-order chi connectivity index (χ1) is 8.08. The molecule has 0 aromatic rings. The Balaban J connectivity index is 2.55. The van der Waals surface area contributed by atoms with Crippen LogP contribution in [0.2, 0.25) is 0 Å². The number of hydrogen-bond acceptors (Lipinski definition) is 3. The molecule has 6 heteroatoms. The van der Waals surface area contributed by atoms with Crippen LogP contribution < -0.4 is 0 Å². The second kappa shape index (κ2) is 6.86. The van der Waals surface area contributed by atoms with Gasteiger partial charge >= 0.3 is 0 Å². The molecule has 1 saturated heterocycles. The molecule has 1 aliphatic rings. The van der Waals surface area contributed by atoms with Crippen molar-refractivity contribution in [3.8, 4) is 0 Å². The van der Waals surface area contributed by atoms with Gasteiger partial charge in [0.05, 0.1) is 12.7 Å². The normalized spacial score (nSPS) is 18.8. The summed E-state index contributed by atoms with van der Waals surface area (Å²) >= 11 is 3.15. The molecule has 0 saturated carbocycles. The maximum atomic E-state index is 13.7. The lowest BCUT2D eigenvalue weighted by molar-refractivity contribution is -0.0444. The number of halogens is 3. The van der Waals surface area contributed by atoms with Crippen LogP contribution in [0.5, 0.6) is 0 Å². The van der Waals surface area contributed by atoms with E-state index in [1.165, 1.54) is 6.08 Å². The van der Waals surface area contributed by atoms with Crippen LogP contribution >= 0.6 is 15.9 Å². The predicted octanol–water partition coefficient (Wildman–Crippen LogP) is 2.79. The molecule has 0 aliphatic carbocycles. The molecule has 17 heavy (non-hydrogen) atoms. The van der Waals surface area contributed by atoms with Crippen molar-refractivity contribution >= 4 is 22.6 Å². The topological polar surface area (TPSA) is 24.8 Å². The quantitative estimate of drug-likeness (QED) is 0.557. The first-order valence-corrected chi connectivity index (χ1v) is 6.00. The summed E-state index contributed by atoms with van der Waals surface area (Å²) in [5, 5.41) is 0. The fraction of sp³-hybridized carbons (Fsp3) is 0.545. The van der Waals surface area contributed by atoms with Gasteiger partial charge in [0.2, 0.25) is 0 Å². The van der Waals surface area contributed by atoms with Gasteiger partial charge in [-0.15, -0.1) is 0 Å². The number of ether oxygens (including phenoxy) is 1. The molecular formula is C11H15BrF2N2O. The summed E-state index contributed by atoms with van der Waals surface area (Å²) in [6.07, 6.45) is 1.28. The molecular weight excluding hydrogens is 294 g/mol. The lowest BCUT2D eigenvalue weighted by Gasteiger charge is -2.40. The monoisotopic (exact) mass is 308 g/mol. The van der Waals surface area contributed by atoms with Crippen molar-refractivity contribution in [3.05, 3.63) is 22.2 Å². The van der Waals surface area contributed by atoms with Crippen LogP contribution in [0.15, 0.2) is 27.2 Å². The van der Waals surface area contributed by atoms with Crippen molar-refractivity contribution in [2.45, 2.75) is 13.0 Å². The van der Waals surface area contributed by atoms with Crippen molar-refractivity contribution in [1.29, 1.82) is 0 Å². The summed E-state index contributed by atoms with van der Waals surface area (Å²) in [6.45, 7) is 5.68. The third-order valence-electron chi connectivity index (χ3n) is 2.27. The molecule has 0 aromatic carbocycles. The Morgan fingerprint density at radius 2 is 2.29 bits per heavy atom. The van der Waals surface area contributed by atoms with E-state index in [1.807, 2.05) is 0 Å². The second-order valence-corrected chi connectivity index (χ2v) is 4.90. The van der Waals surface area contributed by atoms with Crippen LogP contribution in [0.1, 0.15) is 6.92 Å². The maximum absolute atomic E-state index is 13.7.